The molecule has 2 N–H and O–H groups in total. The van der Waals surface area contributed by atoms with E-state index in [0.717, 1.165) is 19.3 Å². The van der Waals surface area contributed by atoms with Crippen LogP contribution in [0.5, 0.6) is 0 Å². The van der Waals surface area contributed by atoms with Crippen molar-refractivity contribution >= 4 is 11.9 Å². The van der Waals surface area contributed by atoms with Gasteiger partial charge in [-0.1, -0.05) is 13.8 Å². The largest absolute Gasteiger partial charge is 0.481 e. The molecule has 4 atom stereocenters. The summed E-state index contributed by atoms with van der Waals surface area (Å²) in [4.78, 5) is 22.8. The van der Waals surface area contributed by atoms with Crippen molar-refractivity contribution in [1.82, 2.24) is 5.32 Å². The molecule has 17 heavy (non-hydrogen) atoms. The van der Waals surface area contributed by atoms with Gasteiger partial charge in [-0.3, -0.25) is 9.59 Å². The van der Waals surface area contributed by atoms with Crippen LogP contribution in [0, 0.1) is 17.3 Å². The summed E-state index contributed by atoms with van der Waals surface area (Å²) in [6, 6.07) is 0.0744. The van der Waals surface area contributed by atoms with Gasteiger partial charge in [0.05, 0.1) is 5.92 Å². The van der Waals surface area contributed by atoms with Gasteiger partial charge in [0, 0.05) is 12.0 Å². The highest BCUT2D eigenvalue weighted by Crippen LogP contribution is 2.54. The van der Waals surface area contributed by atoms with Crippen molar-refractivity contribution in [3.05, 3.63) is 0 Å². The second-order valence-electron chi connectivity index (χ2n) is 5.82. The Bertz CT molecular complexity index is 342. The summed E-state index contributed by atoms with van der Waals surface area (Å²) < 4.78 is 0. The van der Waals surface area contributed by atoms with Gasteiger partial charge in [-0.05, 0) is 37.5 Å². The summed E-state index contributed by atoms with van der Waals surface area (Å²) in [6.07, 6.45) is 4.10. The number of nitrogens with one attached hydrogen (secondary N) is 1. The third-order valence-corrected chi connectivity index (χ3v) is 4.60. The van der Waals surface area contributed by atoms with Crippen LogP contribution in [-0.2, 0) is 9.59 Å². The number of carboxylic acids is 1. The van der Waals surface area contributed by atoms with Crippen molar-refractivity contribution < 1.29 is 14.7 Å². The van der Waals surface area contributed by atoms with Crippen molar-refractivity contribution in [1.29, 1.82) is 0 Å². The van der Waals surface area contributed by atoms with Crippen molar-refractivity contribution in [3.8, 4) is 0 Å². The molecule has 4 heteroatoms. The molecule has 96 valence electrons. The van der Waals surface area contributed by atoms with Gasteiger partial charge in [-0.2, -0.15) is 0 Å². The highest BCUT2D eigenvalue weighted by molar-refractivity contribution is 5.83. The van der Waals surface area contributed by atoms with Crippen molar-refractivity contribution in [3.63, 3.8) is 0 Å². The van der Waals surface area contributed by atoms with Crippen LogP contribution < -0.4 is 5.32 Å². The summed E-state index contributed by atoms with van der Waals surface area (Å²) in [7, 11) is 0. The second kappa shape index (κ2) is 4.31. The van der Waals surface area contributed by atoms with Gasteiger partial charge in [0.15, 0.2) is 0 Å². The van der Waals surface area contributed by atoms with Crippen LogP contribution in [0.4, 0.5) is 0 Å². The maximum Gasteiger partial charge on any atom is 0.306 e. The molecular weight excluding hydrogens is 218 g/mol. The molecule has 2 fully saturated rings. The fourth-order valence-corrected chi connectivity index (χ4v) is 2.85. The number of carbonyl (C=O) groups excluding carboxylic acids is 1. The van der Waals surface area contributed by atoms with E-state index in [1.807, 2.05) is 0 Å². The number of carbonyl (C=O) groups is 2. The van der Waals surface area contributed by atoms with Gasteiger partial charge >= 0.3 is 5.97 Å². The molecule has 0 aromatic rings. The Morgan fingerprint density at radius 1 is 1.41 bits per heavy atom. The van der Waals surface area contributed by atoms with E-state index in [2.05, 4.69) is 19.2 Å². The average Bonchev–Trinajstić information content (AvgIpc) is 2.75. The minimum atomic E-state index is -0.730. The first kappa shape index (κ1) is 12.4. The predicted molar refractivity (Wildman–Crippen MR) is 63.4 cm³/mol. The lowest BCUT2D eigenvalue weighted by Crippen LogP contribution is -2.35. The molecule has 0 aromatic heterocycles. The van der Waals surface area contributed by atoms with E-state index in [1.54, 1.807) is 0 Å². The first-order valence-electron chi connectivity index (χ1n) is 6.49. The first-order valence-corrected chi connectivity index (χ1v) is 6.49. The molecule has 0 aliphatic heterocycles. The van der Waals surface area contributed by atoms with Gasteiger partial charge in [-0.15, -0.1) is 0 Å². The zero-order valence-corrected chi connectivity index (χ0v) is 10.5. The standard InChI is InChI=1S/C13H21NO3/c1-3-13(2)7-10(13)11(15)14-9-5-4-8(6-9)12(16)17/h8-10H,3-7H2,1-2H3,(H,14,15)(H,16,17)/t8-,9+,10?,13?/m1/s1. The molecule has 2 rings (SSSR count). The number of amides is 1. The van der Waals surface area contributed by atoms with E-state index in [1.165, 1.54) is 0 Å². The maximum atomic E-state index is 12.0. The molecule has 4 nitrogen and oxygen atoms in total. The molecule has 0 bridgehead atoms. The average molecular weight is 239 g/mol. The molecule has 0 saturated heterocycles. The Labute approximate surface area is 102 Å². The molecule has 0 spiro atoms. The summed E-state index contributed by atoms with van der Waals surface area (Å²) in [5.41, 5.74) is 0.189. The lowest BCUT2D eigenvalue weighted by Gasteiger charge is -2.14. The van der Waals surface area contributed by atoms with E-state index >= 15 is 0 Å². The van der Waals surface area contributed by atoms with E-state index in [4.69, 9.17) is 5.11 Å². The molecule has 2 aliphatic carbocycles. The Balaban J connectivity index is 1.80. The van der Waals surface area contributed by atoms with Gasteiger partial charge in [-0.25, -0.2) is 0 Å². The summed E-state index contributed by atoms with van der Waals surface area (Å²) in [5, 5.41) is 11.9. The molecule has 2 unspecified atom stereocenters. The number of carboxylic acid groups (broad SMARTS) is 1. The third-order valence-electron chi connectivity index (χ3n) is 4.60. The predicted octanol–water partition coefficient (Wildman–Crippen LogP) is 1.79. The Morgan fingerprint density at radius 3 is 2.59 bits per heavy atom. The van der Waals surface area contributed by atoms with Crippen LogP contribution in [0.1, 0.15) is 46.0 Å². The number of aliphatic carboxylic acids is 1. The normalized spacial score (nSPS) is 40.0. The lowest BCUT2D eigenvalue weighted by molar-refractivity contribution is -0.141. The minimum Gasteiger partial charge on any atom is -0.481 e. The Kier molecular flexibility index (Phi) is 3.15. The van der Waals surface area contributed by atoms with Gasteiger partial charge in [0.25, 0.3) is 0 Å². The van der Waals surface area contributed by atoms with Crippen LogP contribution in [0.15, 0.2) is 0 Å². The summed E-state index contributed by atoms with van der Waals surface area (Å²) in [5.74, 6) is -0.717. The minimum absolute atomic E-state index is 0.0744. The van der Waals surface area contributed by atoms with Crippen LogP contribution in [-0.4, -0.2) is 23.0 Å². The first-order chi connectivity index (χ1) is 7.96. The van der Waals surface area contributed by atoms with Crippen LogP contribution in [0.25, 0.3) is 0 Å². The van der Waals surface area contributed by atoms with Gasteiger partial charge in [0.1, 0.15) is 0 Å². The van der Waals surface area contributed by atoms with Crippen molar-refractivity contribution in [2.24, 2.45) is 17.3 Å². The summed E-state index contributed by atoms with van der Waals surface area (Å²) >= 11 is 0. The van der Waals surface area contributed by atoms with Crippen molar-refractivity contribution in [2.45, 2.75) is 52.0 Å². The second-order valence-corrected chi connectivity index (χ2v) is 5.82. The van der Waals surface area contributed by atoms with E-state index < -0.39 is 5.97 Å². The molecule has 2 saturated carbocycles. The SMILES string of the molecule is CCC1(C)CC1C(=O)N[C@H]1CC[C@@H](C(=O)O)C1. The fraction of sp³-hybridized carbons (Fsp3) is 0.846. The molecule has 0 heterocycles. The molecule has 0 radical (unpaired) electrons. The molecule has 0 aromatic carbocycles. The smallest absolute Gasteiger partial charge is 0.306 e. The lowest BCUT2D eigenvalue weighted by atomic mass is 10.0. The molecular formula is C13H21NO3. The van der Waals surface area contributed by atoms with E-state index in [9.17, 15) is 9.59 Å². The third kappa shape index (κ3) is 2.45. The zero-order chi connectivity index (χ0) is 12.6. The number of hydrogen-bond acceptors (Lipinski definition) is 2. The zero-order valence-electron chi connectivity index (χ0n) is 10.5. The highest BCUT2D eigenvalue weighted by Gasteiger charge is 2.53. The fourth-order valence-electron chi connectivity index (χ4n) is 2.85. The Hall–Kier alpha value is -1.06. The van der Waals surface area contributed by atoms with E-state index in [0.29, 0.717) is 12.8 Å². The maximum absolute atomic E-state index is 12.0. The number of rotatable bonds is 4. The van der Waals surface area contributed by atoms with Crippen LogP contribution in [0.2, 0.25) is 0 Å². The molecule has 1 amide bonds. The monoisotopic (exact) mass is 239 g/mol. The van der Waals surface area contributed by atoms with Crippen LogP contribution in [0.3, 0.4) is 0 Å². The van der Waals surface area contributed by atoms with Crippen molar-refractivity contribution in [2.75, 3.05) is 0 Å². The summed E-state index contributed by atoms with van der Waals surface area (Å²) in [6.45, 7) is 4.26. The quantitative estimate of drug-likeness (QED) is 0.786. The van der Waals surface area contributed by atoms with E-state index in [-0.39, 0.29) is 29.2 Å². The van der Waals surface area contributed by atoms with Gasteiger partial charge in [0.2, 0.25) is 5.91 Å². The number of hydrogen-bond donors (Lipinski definition) is 2. The topological polar surface area (TPSA) is 66.4 Å². The van der Waals surface area contributed by atoms with Crippen LogP contribution >= 0.6 is 0 Å². The molecule has 2 aliphatic rings. The highest BCUT2D eigenvalue weighted by atomic mass is 16.4. The Morgan fingerprint density at radius 2 is 2.12 bits per heavy atom. The van der Waals surface area contributed by atoms with Gasteiger partial charge < -0.3 is 10.4 Å².